The van der Waals surface area contributed by atoms with E-state index in [2.05, 4.69) is 14.8 Å². The van der Waals surface area contributed by atoms with Gasteiger partial charge in [-0.05, 0) is 12.5 Å². The minimum absolute atomic E-state index is 0.125. The zero-order chi connectivity index (χ0) is 14.8. The van der Waals surface area contributed by atoms with Gasteiger partial charge in [-0.25, -0.2) is 12.8 Å². The van der Waals surface area contributed by atoms with E-state index in [4.69, 9.17) is 5.73 Å². The number of rotatable bonds is 5. The minimum Gasteiger partial charge on any atom is -0.381 e. The summed E-state index contributed by atoms with van der Waals surface area (Å²) in [5, 5.41) is 3.90. The van der Waals surface area contributed by atoms with Gasteiger partial charge in [-0.2, -0.15) is 5.10 Å². The minimum atomic E-state index is -3.99. The predicted octanol–water partition coefficient (Wildman–Crippen LogP) is 1.21. The smallest absolute Gasteiger partial charge is 0.267 e. The summed E-state index contributed by atoms with van der Waals surface area (Å²) in [7, 11) is -3.99. The number of nitrogens with two attached hydrogens (primary N) is 1. The number of hydrogen-bond acceptors (Lipinski definition) is 5. The highest BCUT2D eigenvalue weighted by molar-refractivity contribution is 7.92. The number of aryl methyl sites for hydroxylation is 1. The SMILES string of the molecule is CCCn1cc(S(=O)(=O)Nc2ccncc2F)c(N)n1. The van der Waals surface area contributed by atoms with Crippen molar-refractivity contribution in [2.75, 3.05) is 10.5 Å². The van der Waals surface area contributed by atoms with Gasteiger partial charge >= 0.3 is 0 Å². The molecular weight excluding hydrogens is 285 g/mol. The van der Waals surface area contributed by atoms with E-state index in [0.29, 0.717) is 6.54 Å². The topological polar surface area (TPSA) is 103 Å². The number of hydrogen-bond donors (Lipinski definition) is 2. The molecule has 0 fully saturated rings. The maximum atomic E-state index is 13.4. The van der Waals surface area contributed by atoms with Gasteiger partial charge in [0.1, 0.15) is 4.90 Å². The fourth-order valence-corrected chi connectivity index (χ4v) is 2.77. The molecule has 0 aliphatic carbocycles. The Morgan fingerprint density at radius 1 is 1.50 bits per heavy atom. The molecule has 0 aliphatic heterocycles. The van der Waals surface area contributed by atoms with E-state index in [1.165, 1.54) is 23.1 Å². The summed E-state index contributed by atoms with van der Waals surface area (Å²) in [4.78, 5) is 3.36. The molecule has 2 heterocycles. The van der Waals surface area contributed by atoms with Crippen molar-refractivity contribution in [3.05, 3.63) is 30.5 Å². The van der Waals surface area contributed by atoms with Crippen LogP contribution in [-0.2, 0) is 16.6 Å². The zero-order valence-corrected chi connectivity index (χ0v) is 11.6. The number of pyridine rings is 1. The zero-order valence-electron chi connectivity index (χ0n) is 10.7. The highest BCUT2D eigenvalue weighted by Crippen LogP contribution is 2.21. The summed E-state index contributed by atoms with van der Waals surface area (Å²) < 4.78 is 41.3. The number of nitrogen functional groups attached to an aromatic ring is 1. The summed E-state index contributed by atoms with van der Waals surface area (Å²) in [6.07, 6.45) is 4.31. The summed E-state index contributed by atoms with van der Waals surface area (Å²) in [5.41, 5.74) is 5.40. The first-order valence-electron chi connectivity index (χ1n) is 5.89. The first kappa shape index (κ1) is 14.3. The Bertz CT molecular complexity index is 713. The Hall–Kier alpha value is -2.16. The highest BCUT2D eigenvalue weighted by Gasteiger charge is 2.22. The van der Waals surface area contributed by atoms with Crippen LogP contribution in [0, 0.1) is 5.82 Å². The Kier molecular flexibility index (Phi) is 3.89. The number of anilines is 2. The Balaban J connectivity index is 2.33. The monoisotopic (exact) mass is 299 g/mol. The molecule has 0 aromatic carbocycles. The maximum Gasteiger partial charge on any atom is 0.267 e. The van der Waals surface area contributed by atoms with Crippen molar-refractivity contribution in [1.82, 2.24) is 14.8 Å². The predicted molar refractivity (Wildman–Crippen MR) is 71.9 cm³/mol. The molecule has 2 aromatic heterocycles. The van der Waals surface area contributed by atoms with E-state index in [0.717, 1.165) is 12.6 Å². The van der Waals surface area contributed by atoms with Crippen LogP contribution in [0.3, 0.4) is 0 Å². The van der Waals surface area contributed by atoms with E-state index in [9.17, 15) is 12.8 Å². The Labute approximate surface area is 115 Å². The molecule has 108 valence electrons. The molecule has 2 rings (SSSR count). The van der Waals surface area contributed by atoms with Crippen LogP contribution in [-0.4, -0.2) is 23.2 Å². The van der Waals surface area contributed by atoms with Crippen molar-refractivity contribution in [2.24, 2.45) is 0 Å². The molecule has 20 heavy (non-hydrogen) atoms. The number of nitrogens with one attached hydrogen (secondary N) is 1. The van der Waals surface area contributed by atoms with Crippen LogP contribution >= 0.6 is 0 Å². The van der Waals surface area contributed by atoms with Crippen LogP contribution in [0.4, 0.5) is 15.9 Å². The van der Waals surface area contributed by atoms with Gasteiger partial charge in [-0.3, -0.25) is 14.4 Å². The maximum absolute atomic E-state index is 13.4. The van der Waals surface area contributed by atoms with E-state index >= 15 is 0 Å². The third-order valence-electron chi connectivity index (χ3n) is 2.51. The molecule has 2 aromatic rings. The molecule has 3 N–H and O–H groups in total. The summed E-state index contributed by atoms with van der Waals surface area (Å²) in [5.74, 6) is -0.893. The molecule has 0 aliphatic rings. The van der Waals surface area contributed by atoms with Crippen molar-refractivity contribution >= 4 is 21.5 Å². The van der Waals surface area contributed by atoms with Crippen molar-refractivity contribution in [3.63, 3.8) is 0 Å². The standard InChI is InChI=1S/C11H14FN5O2S/c1-2-5-17-7-10(11(13)15-17)20(18,19)16-9-3-4-14-6-8(9)12/h3-4,6-7H,2,5H2,1H3,(H2,13,15)(H,14,16). The second-order valence-electron chi connectivity index (χ2n) is 4.10. The van der Waals surface area contributed by atoms with Gasteiger partial charge in [0.05, 0.1) is 11.9 Å². The number of nitrogens with zero attached hydrogens (tertiary/aromatic N) is 3. The Morgan fingerprint density at radius 2 is 2.25 bits per heavy atom. The average Bonchev–Trinajstić information content (AvgIpc) is 2.74. The van der Waals surface area contributed by atoms with Crippen LogP contribution in [0.5, 0.6) is 0 Å². The summed E-state index contributed by atoms with van der Waals surface area (Å²) in [6, 6.07) is 1.22. The van der Waals surface area contributed by atoms with Crippen molar-refractivity contribution in [1.29, 1.82) is 0 Å². The van der Waals surface area contributed by atoms with Gasteiger partial charge < -0.3 is 5.73 Å². The van der Waals surface area contributed by atoms with Crippen molar-refractivity contribution < 1.29 is 12.8 Å². The number of halogens is 1. The molecule has 0 radical (unpaired) electrons. The van der Waals surface area contributed by atoms with Gasteiger partial charge in [0.2, 0.25) is 0 Å². The quantitative estimate of drug-likeness (QED) is 0.863. The fraction of sp³-hybridized carbons (Fsp3) is 0.273. The van der Waals surface area contributed by atoms with Crippen LogP contribution in [0.1, 0.15) is 13.3 Å². The number of sulfonamides is 1. The van der Waals surface area contributed by atoms with Crippen LogP contribution in [0.2, 0.25) is 0 Å². The van der Waals surface area contributed by atoms with Gasteiger partial charge in [-0.1, -0.05) is 6.92 Å². The van der Waals surface area contributed by atoms with E-state index < -0.39 is 15.8 Å². The fourth-order valence-electron chi connectivity index (χ4n) is 1.63. The van der Waals surface area contributed by atoms with Gasteiger partial charge in [-0.15, -0.1) is 0 Å². The molecule has 0 unspecified atom stereocenters. The molecule has 0 saturated heterocycles. The third-order valence-corrected chi connectivity index (χ3v) is 3.90. The molecular formula is C11H14FN5O2S. The third kappa shape index (κ3) is 2.87. The largest absolute Gasteiger partial charge is 0.381 e. The van der Waals surface area contributed by atoms with Crippen molar-refractivity contribution in [3.8, 4) is 0 Å². The lowest BCUT2D eigenvalue weighted by Gasteiger charge is -2.07. The number of aromatic nitrogens is 3. The van der Waals surface area contributed by atoms with Crippen LogP contribution in [0.15, 0.2) is 29.6 Å². The second kappa shape index (κ2) is 5.45. The lowest BCUT2D eigenvalue weighted by molar-refractivity contribution is 0.593. The first-order chi connectivity index (χ1) is 9.44. The highest BCUT2D eigenvalue weighted by atomic mass is 32.2. The van der Waals surface area contributed by atoms with Gasteiger partial charge in [0.25, 0.3) is 10.0 Å². The van der Waals surface area contributed by atoms with Gasteiger partial charge in [0.15, 0.2) is 11.6 Å². The average molecular weight is 299 g/mol. The van der Waals surface area contributed by atoms with E-state index in [1.807, 2.05) is 6.92 Å². The van der Waals surface area contributed by atoms with E-state index in [-0.39, 0.29) is 16.4 Å². The molecule has 0 spiro atoms. The lowest BCUT2D eigenvalue weighted by atomic mass is 10.4. The Morgan fingerprint density at radius 3 is 2.90 bits per heavy atom. The summed E-state index contributed by atoms with van der Waals surface area (Å²) >= 11 is 0. The molecule has 7 nitrogen and oxygen atoms in total. The second-order valence-corrected chi connectivity index (χ2v) is 5.75. The molecule has 0 amide bonds. The molecule has 0 atom stereocenters. The molecule has 0 bridgehead atoms. The summed E-state index contributed by atoms with van der Waals surface area (Å²) in [6.45, 7) is 2.47. The van der Waals surface area contributed by atoms with Gasteiger partial charge in [0, 0.05) is 18.9 Å². The lowest BCUT2D eigenvalue weighted by Crippen LogP contribution is -2.15. The molecule has 9 heteroatoms. The van der Waals surface area contributed by atoms with Crippen LogP contribution < -0.4 is 10.5 Å². The van der Waals surface area contributed by atoms with Crippen LogP contribution in [0.25, 0.3) is 0 Å². The van der Waals surface area contributed by atoms with Crippen molar-refractivity contribution in [2.45, 2.75) is 24.8 Å². The van der Waals surface area contributed by atoms with E-state index in [1.54, 1.807) is 0 Å². The molecule has 0 saturated carbocycles. The first-order valence-corrected chi connectivity index (χ1v) is 7.37. The normalized spacial score (nSPS) is 11.5.